The van der Waals surface area contributed by atoms with Crippen molar-refractivity contribution in [1.29, 1.82) is 0 Å². The van der Waals surface area contributed by atoms with E-state index in [1.54, 1.807) is 25.1 Å². The van der Waals surface area contributed by atoms with Gasteiger partial charge in [0.15, 0.2) is 11.5 Å². The van der Waals surface area contributed by atoms with Crippen molar-refractivity contribution < 1.29 is 22.3 Å². The van der Waals surface area contributed by atoms with Crippen LogP contribution < -0.4 is 13.8 Å². The van der Waals surface area contributed by atoms with Gasteiger partial charge in [0.25, 0.3) is 10.0 Å². The monoisotopic (exact) mass is 449 g/mol. The third-order valence-electron chi connectivity index (χ3n) is 4.70. The van der Waals surface area contributed by atoms with Crippen LogP contribution in [0.2, 0.25) is 5.02 Å². The molecule has 1 atom stereocenters. The Morgan fingerprint density at radius 2 is 1.60 bits per heavy atom. The SMILES string of the molecule is COc1ccc(N(C(C)c2ccccc2)S(=O)(=O)c2ccc(F)c(Cl)c2)cc1OC. The predicted molar refractivity (Wildman–Crippen MR) is 115 cm³/mol. The first kappa shape index (κ1) is 21.9. The molecule has 0 aromatic heterocycles. The van der Waals surface area contributed by atoms with Crippen molar-refractivity contribution in [1.82, 2.24) is 0 Å². The van der Waals surface area contributed by atoms with E-state index in [0.717, 1.165) is 17.7 Å². The molecule has 3 aromatic carbocycles. The highest BCUT2D eigenvalue weighted by Gasteiger charge is 2.31. The number of hydrogen-bond donors (Lipinski definition) is 0. The maximum absolute atomic E-state index is 13.6. The number of ether oxygens (including phenoxy) is 2. The highest BCUT2D eigenvalue weighted by atomic mass is 35.5. The summed E-state index contributed by atoms with van der Waals surface area (Å²) < 4.78 is 52.8. The lowest BCUT2D eigenvalue weighted by molar-refractivity contribution is 0.355. The molecule has 0 amide bonds. The van der Waals surface area contributed by atoms with Gasteiger partial charge in [0.2, 0.25) is 0 Å². The molecule has 0 spiro atoms. The van der Waals surface area contributed by atoms with Gasteiger partial charge < -0.3 is 9.47 Å². The summed E-state index contributed by atoms with van der Waals surface area (Å²) in [7, 11) is -1.13. The van der Waals surface area contributed by atoms with Gasteiger partial charge in [-0.2, -0.15) is 0 Å². The van der Waals surface area contributed by atoms with Crippen LogP contribution in [0.3, 0.4) is 0 Å². The lowest BCUT2D eigenvalue weighted by atomic mass is 10.1. The van der Waals surface area contributed by atoms with Crippen molar-refractivity contribution in [3.05, 3.63) is 83.1 Å². The van der Waals surface area contributed by atoms with Crippen molar-refractivity contribution in [2.24, 2.45) is 0 Å². The molecule has 0 heterocycles. The number of sulfonamides is 1. The summed E-state index contributed by atoms with van der Waals surface area (Å²) in [5.41, 5.74) is 1.15. The minimum absolute atomic E-state index is 0.119. The van der Waals surface area contributed by atoms with E-state index >= 15 is 0 Å². The normalized spacial score (nSPS) is 12.3. The van der Waals surface area contributed by atoms with E-state index in [9.17, 15) is 12.8 Å². The molecule has 0 saturated carbocycles. The maximum atomic E-state index is 13.6. The van der Waals surface area contributed by atoms with E-state index in [0.29, 0.717) is 17.2 Å². The predicted octanol–water partition coefficient (Wildman–Crippen LogP) is 5.45. The second-order valence-corrected chi connectivity index (χ2v) is 8.72. The molecule has 0 fully saturated rings. The van der Waals surface area contributed by atoms with Crippen LogP contribution in [0.4, 0.5) is 10.1 Å². The molecular formula is C22H21ClFNO4S. The van der Waals surface area contributed by atoms with Crippen LogP contribution in [-0.4, -0.2) is 22.6 Å². The molecule has 3 rings (SSSR count). The Bertz CT molecular complexity index is 1140. The van der Waals surface area contributed by atoms with Gasteiger partial charge in [-0.05, 0) is 42.8 Å². The minimum atomic E-state index is -4.10. The fourth-order valence-corrected chi connectivity index (χ4v) is 5.06. The summed E-state index contributed by atoms with van der Waals surface area (Å²) in [5, 5.41) is -0.268. The molecule has 5 nitrogen and oxygen atoms in total. The third kappa shape index (κ3) is 4.22. The highest BCUT2D eigenvalue weighted by molar-refractivity contribution is 7.92. The van der Waals surface area contributed by atoms with Gasteiger partial charge in [0.1, 0.15) is 5.82 Å². The summed E-state index contributed by atoms with van der Waals surface area (Å²) >= 11 is 5.86. The molecule has 8 heteroatoms. The Morgan fingerprint density at radius 3 is 2.20 bits per heavy atom. The lowest BCUT2D eigenvalue weighted by Gasteiger charge is -2.31. The summed E-state index contributed by atoms with van der Waals surface area (Å²) in [5.74, 6) is 0.160. The van der Waals surface area contributed by atoms with Gasteiger partial charge in [-0.15, -0.1) is 0 Å². The first-order valence-corrected chi connectivity index (χ1v) is 10.9. The smallest absolute Gasteiger partial charge is 0.264 e. The fraction of sp³-hybridized carbons (Fsp3) is 0.182. The van der Waals surface area contributed by atoms with Crippen LogP contribution in [0, 0.1) is 5.82 Å². The van der Waals surface area contributed by atoms with Gasteiger partial charge in [-0.1, -0.05) is 41.9 Å². The first-order chi connectivity index (χ1) is 14.3. The molecular weight excluding hydrogens is 429 g/mol. The molecule has 158 valence electrons. The van der Waals surface area contributed by atoms with E-state index in [1.807, 2.05) is 30.3 Å². The highest BCUT2D eigenvalue weighted by Crippen LogP contribution is 2.38. The van der Waals surface area contributed by atoms with E-state index in [2.05, 4.69) is 0 Å². The maximum Gasteiger partial charge on any atom is 0.264 e. The molecule has 30 heavy (non-hydrogen) atoms. The van der Waals surface area contributed by atoms with Crippen molar-refractivity contribution >= 4 is 27.3 Å². The summed E-state index contributed by atoms with van der Waals surface area (Å²) in [6.45, 7) is 1.77. The van der Waals surface area contributed by atoms with Crippen molar-refractivity contribution in [2.45, 2.75) is 17.9 Å². The van der Waals surface area contributed by atoms with Gasteiger partial charge in [-0.25, -0.2) is 12.8 Å². The fourth-order valence-electron chi connectivity index (χ4n) is 3.15. The average Bonchev–Trinajstić information content (AvgIpc) is 2.75. The van der Waals surface area contributed by atoms with E-state index in [-0.39, 0.29) is 9.92 Å². The number of halogens is 2. The number of nitrogens with zero attached hydrogens (tertiary/aromatic N) is 1. The van der Waals surface area contributed by atoms with Gasteiger partial charge in [0, 0.05) is 6.07 Å². The minimum Gasteiger partial charge on any atom is -0.493 e. The molecule has 0 aliphatic heterocycles. The van der Waals surface area contributed by atoms with Crippen LogP contribution in [0.5, 0.6) is 11.5 Å². The zero-order valence-corrected chi connectivity index (χ0v) is 18.2. The first-order valence-electron chi connectivity index (χ1n) is 9.06. The van der Waals surface area contributed by atoms with Crippen molar-refractivity contribution in [3.8, 4) is 11.5 Å². The van der Waals surface area contributed by atoms with E-state index < -0.39 is 21.9 Å². The molecule has 0 saturated heterocycles. The van der Waals surface area contributed by atoms with Crippen molar-refractivity contribution in [3.63, 3.8) is 0 Å². The summed E-state index contributed by atoms with van der Waals surface area (Å²) in [6.07, 6.45) is 0. The van der Waals surface area contributed by atoms with Gasteiger partial charge in [-0.3, -0.25) is 4.31 Å². The van der Waals surface area contributed by atoms with E-state index in [4.69, 9.17) is 21.1 Å². The topological polar surface area (TPSA) is 55.8 Å². The molecule has 0 aliphatic rings. The van der Waals surface area contributed by atoms with Gasteiger partial charge in [0.05, 0.1) is 35.9 Å². The van der Waals surface area contributed by atoms with Crippen LogP contribution in [0.25, 0.3) is 0 Å². The number of benzene rings is 3. The Labute approximate surface area is 180 Å². The molecule has 0 aliphatic carbocycles. The van der Waals surface area contributed by atoms with Crippen LogP contribution >= 0.6 is 11.6 Å². The van der Waals surface area contributed by atoms with Crippen molar-refractivity contribution in [2.75, 3.05) is 18.5 Å². The Kier molecular flexibility index (Phi) is 6.53. The summed E-state index contributed by atoms with van der Waals surface area (Å²) in [6, 6.07) is 16.8. The molecule has 0 bridgehead atoms. The summed E-state index contributed by atoms with van der Waals surface area (Å²) in [4.78, 5) is -0.119. The molecule has 1 unspecified atom stereocenters. The van der Waals surface area contributed by atoms with Crippen LogP contribution in [0.15, 0.2) is 71.6 Å². The molecule has 3 aromatic rings. The van der Waals surface area contributed by atoms with Gasteiger partial charge >= 0.3 is 0 Å². The lowest BCUT2D eigenvalue weighted by Crippen LogP contribution is -2.33. The Hall–Kier alpha value is -2.77. The zero-order chi connectivity index (χ0) is 21.9. The second-order valence-electron chi connectivity index (χ2n) is 6.50. The quantitative estimate of drug-likeness (QED) is 0.481. The van der Waals surface area contributed by atoms with E-state index in [1.165, 1.54) is 24.6 Å². The zero-order valence-electron chi connectivity index (χ0n) is 16.7. The third-order valence-corrected chi connectivity index (χ3v) is 6.89. The number of anilines is 1. The van der Waals surface area contributed by atoms with Crippen LogP contribution in [0.1, 0.15) is 18.5 Å². The Morgan fingerprint density at radius 1 is 0.933 bits per heavy atom. The number of methoxy groups -OCH3 is 2. The molecule has 0 radical (unpaired) electrons. The number of rotatable bonds is 7. The second kappa shape index (κ2) is 8.93. The van der Waals surface area contributed by atoms with Crippen LogP contribution in [-0.2, 0) is 10.0 Å². The number of hydrogen-bond acceptors (Lipinski definition) is 4. The Balaban J connectivity index is 2.20. The average molecular weight is 450 g/mol. The molecule has 0 N–H and O–H groups in total. The largest absolute Gasteiger partial charge is 0.493 e. The standard InChI is InChI=1S/C22H21ClFNO4S/c1-15(16-7-5-4-6-8-16)25(17-9-12-21(28-2)22(13-17)29-3)30(26,27)18-10-11-20(24)19(23)14-18/h4-15H,1-3H3.